The van der Waals surface area contributed by atoms with Gasteiger partial charge in [-0.15, -0.1) is 11.3 Å². The molecule has 1 saturated heterocycles. The predicted octanol–water partition coefficient (Wildman–Crippen LogP) is 3.60. The second-order valence-corrected chi connectivity index (χ2v) is 9.44. The quantitative estimate of drug-likeness (QED) is 0.473. The van der Waals surface area contributed by atoms with Gasteiger partial charge in [-0.25, -0.2) is 4.98 Å². The van der Waals surface area contributed by atoms with Crippen LogP contribution in [0.5, 0.6) is 0 Å². The summed E-state index contributed by atoms with van der Waals surface area (Å²) < 4.78 is 6.88. The van der Waals surface area contributed by atoms with Gasteiger partial charge < -0.3 is 4.74 Å². The molecular weight excluding hydrogens is 392 g/mol. The Morgan fingerprint density at radius 1 is 1.21 bits per heavy atom. The number of aryl methyl sites for hydroxylation is 3. The van der Waals surface area contributed by atoms with Gasteiger partial charge in [0.05, 0.1) is 12.0 Å². The topological polar surface area (TPSA) is 61.2 Å². The number of esters is 1. The zero-order valence-corrected chi connectivity index (χ0v) is 17.0. The van der Waals surface area contributed by atoms with Crippen molar-refractivity contribution < 1.29 is 9.53 Å². The summed E-state index contributed by atoms with van der Waals surface area (Å²) >= 11 is 3.02. The molecule has 2 aromatic heterocycles. The number of rotatable bonds is 5. The lowest BCUT2D eigenvalue weighted by Crippen LogP contribution is -2.25. The summed E-state index contributed by atoms with van der Waals surface area (Å²) in [5.74, 6) is -0.206. The van der Waals surface area contributed by atoms with Crippen molar-refractivity contribution in [1.82, 2.24) is 9.55 Å². The van der Waals surface area contributed by atoms with E-state index in [4.69, 9.17) is 9.72 Å². The summed E-state index contributed by atoms with van der Waals surface area (Å²) in [6.45, 7) is 1.00. The number of benzene rings is 1. The van der Waals surface area contributed by atoms with Crippen LogP contribution in [0.4, 0.5) is 0 Å². The highest BCUT2D eigenvalue weighted by molar-refractivity contribution is 8.00. The highest BCUT2D eigenvalue weighted by Crippen LogP contribution is 2.36. The van der Waals surface area contributed by atoms with E-state index in [0.29, 0.717) is 24.7 Å². The first-order valence-electron chi connectivity index (χ1n) is 9.63. The summed E-state index contributed by atoms with van der Waals surface area (Å²) in [7, 11) is 0. The molecule has 1 aliphatic carbocycles. The van der Waals surface area contributed by atoms with Gasteiger partial charge in [0.25, 0.3) is 5.56 Å². The Kier molecular flexibility index (Phi) is 4.72. The number of carbonyl (C=O) groups is 1. The minimum atomic E-state index is -0.279. The lowest BCUT2D eigenvalue weighted by atomic mass is 10.1. The Balaban J connectivity index is 1.57. The summed E-state index contributed by atoms with van der Waals surface area (Å²) in [4.78, 5) is 32.4. The smallest absolute Gasteiger partial charge is 0.319 e. The van der Waals surface area contributed by atoms with Gasteiger partial charge in [0.1, 0.15) is 10.1 Å². The molecular formula is C21H20N2O3S2. The molecule has 3 heterocycles. The van der Waals surface area contributed by atoms with Crippen LogP contribution < -0.4 is 5.56 Å². The van der Waals surface area contributed by atoms with Gasteiger partial charge in [-0.05, 0) is 36.8 Å². The van der Waals surface area contributed by atoms with Gasteiger partial charge >= 0.3 is 5.97 Å². The third-order valence-electron chi connectivity index (χ3n) is 5.39. The zero-order chi connectivity index (χ0) is 19.1. The number of fused-ring (bicyclic) bond motifs is 3. The average molecular weight is 413 g/mol. The number of carbonyl (C=O) groups excluding carboxylic acids is 1. The van der Waals surface area contributed by atoms with Crippen LogP contribution >= 0.6 is 23.1 Å². The number of aromatic nitrogens is 2. The molecule has 28 heavy (non-hydrogen) atoms. The van der Waals surface area contributed by atoms with Gasteiger partial charge in [0.15, 0.2) is 5.16 Å². The van der Waals surface area contributed by atoms with E-state index >= 15 is 0 Å². The van der Waals surface area contributed by atoms with E-state index in [1.165, 1.54) is 27.8 Å². The first kappa shape index (κ1) is 17.9. The standard InChI is InChI=1S/C21H20N2O3S2/c24-19-17-14-7-4-8-15(14)27-18(17)22-21(28-16-10-12-26-20(16)25)23(19)11-9-13-5-2-1-3-6-13/h1-3,5-6,16H,4,7-12H2/t16-/m0/s1. The van der Waals surface area contributed by atoms with Crippen LogP contribution in [0.3, 0.4) is 0 Å². The number of thiophene rings is 1. The second kappa shape index (κ2) is 7.37. The van der Waals surface area contributed by atoms with E-state index in [-0.39, 0.29) is 16.8 Å². The van der Waals surface area contributed by atoms with Crippen LogP contribution in [-0.4, -0.2) is 27.4 Å². The monoisotopic (exact) mass is 412 g/mol. The number of hydrogen-bond acceptors (Lipinski definition) is 6. The van der Waals surface area contributed by atoms with Crippen molar-refractivity contribution in [3.8, 4) is 0 Å². The number of hydrogen-bond donors (Lipinski definition) is 0. The van der Waals surface area contributed by atoms with Gasteiger partial charge in [0.2, 0.25) is 0 Å². The van der Waals surface area contributed by atoms with E-state index in [1.54, 1.807) is 15.9 Å². The first-order chi connectivity index (χ1) is 13.7. The largest absolute Gasteiger partial charge is 0.465 e. The first-order valence-corrected chi connectivity index (χ1v) is 11.3. The lowest BCUT2D eigenvalue weighted by Gasteiger charge is -2.14. The third-order valence-corrected chi connectivity index (χ3v) is 7.81. The predicted molar refractivity (Wildman–Crippen MR) is 111 cm³/mol. The highest BCUT2D eigenvalue weighted by atomic mass is 32.2. The Bertz CT molecular complexity index is 1100. The molecule has 5 nitrogen and oxygen atoms in total. The third kappa shape index (κ3) is 3.16. The van der Waals surface area contributed by atoms with Gasteiger partial charge in [-0.2, -0.15) is 0 Å². The molecule has 0 N–H and O–H groups in total. The molecule has 0 unspecified atom stereocenters. The molecule has 1 atom stereocenters. The molecule has 0 bridgehead atoms. The molecule has 1 aliphatic heterocycles. The van der Waals surface area contributed by atoms with Crippen molar-refractivity contribution in [2.45, 2.75) is 49.1 Å². The van der Waals surface area contributed by atoms with Crippen molar-refractivity contribution in [3.63, 3.8) is 0 Å². The Morgan fingerprint density at radius 2 is 2.07 bits per heavy atom. The van der Waals surface area contributed by atoms with Crippen molar-refractivity contribution in [1.29, 1.82) is 0 Å². The maximum Gasteiger partial charge on any atom is 0.319 e. The maximum atomic E-state index is 13.4. The minimum absolute atomic E-state index is 0.0363. The summed E-state index contributed by atoms with van der Waals surface area (Å²) in [6.07, 6.45) is 4.54. The molecule has 0 amide bonds. The van der Waals surface area contributed by atoms with Crippen molar-refractivity contribution in [2.24, 2.45) is 0 Å². The summed E-state index contributed by atoms with van der Waals surface area (Å²) in [5, 5.41) is 1.15. The van der Waals surface area contributed by atoms with Crippen molar-refractivity contribution in [2.75, 3.05) is 6.61 Å². The van der Waals surface area contributed by atoms with Crippen LogP contribution in [-0.2, 0) is 35.3 Å². The zero-order valence-electron chi connectivity index (χ0n) is 15.3. The van der Waals surface area contributed by atoms with Crippen molar-refractivity contribution >= 4 is 39.3 Å². The molecule has 0 radical (unpaired) electrons. The average Bonchev–Trinajstić information content (AvgIpc) is 3.39. The molecule has 1 aromatic carbocycles. The summed E-state index contributed by atoms with van der Waals surface area (Å²) in [6, 6.07) is 10.1. The van der Waals surface area contributed by atoms with Gasteiger partial charge in [-0.1, -0.05) is 42.1 Å². The minimum Gasteiger partial charge on any atom is -0.465 e. The number of ether oxygens (including phenoxy) is 1. The fourth-order valence-corrected chi connectivity index (χ4v) is 6.33. The van der Waals surface area contributed by atoms with Crippen LogP contribution in [0, 0.1) is 0 Å². The number of thioether (sulfide) groups is 1. The van der Waals surface area contributed by atoms with Crippen LogP contribution in [0.25, 0.3) is 10.2 Å². The number of nitrogens with zero attached hydrogens (tertiary/aromatic N) is 2. The Morgan fingerprint density at radius 3 is 2.86 bits per heavy atom. The molecule has 2 aliphatic rings. The molecule has 5 rings (SSSR count). The summed E-state index contributed by atoms with van der Waals surface area (Å²) in [5.41, 5.74) is 2.42. The van der Waals surface area contributed by atoms with Gasteiger partial charge in [0, 0.05) is 17.8 Å². The van der Waals surface area contributed by atoms with E-state index in [9.17, 15) is 9.59 Å². The van der Waals surface area contributed by atoms with E-state index < -0.39 is 0 Å². The van der Waals surface area contributed by atoms with Crippen LogP contribution in [0.15, 0.2) is 40.3 Å². The molecule has 0 saturated carbocycles. The maximum absolute atomic E-state index is 13.4. The number of cyclic esters (lactones) is 1. The second-order valence-electron chi connectivity index (χ2n) is 7.19. The van der Waals surface area contributed by atoms with E-state index in [2.05, 4.69) is 12.1 Å². The Hall–Kier alpha value is -2.12. The van der Waals surface area contributed by atoms with Crippen LogP contribution in [0.2, 0.25) is 0 Å². The lowest BCUT2D eigenvalue weighted by molar-refractivity contribution is -0.137. The fourth-order valence-electron chi connectivity index (χ4n) is 3.94. The highest BCUT2D eigenvalue weighted by Gasteiger charge is 2.30. The van der Waals surface area contributed by atoms with E-state index in [0.717, 1.165) is 35.9 Å². The molecule has 0 spiro atoms. The van der Waals surface area contributed by atoms with E-state index in [1.807, 2.05) is 18.2 Å². The molecule has 3 aromatic rings. The van der Waals surface area contributed by atoms with Gasteiger partial charge in [-0.3, -0.25) is 14.2 Å². The normalized spacial score (nSPS) is 18.6. The molecule has 144 valence electrons. The molecule has 1 fully saturated rings. The van der Waals surface area contributed by atoms with Crippen molar-refractivity contribution in [3.05, 3.63) is 56.7 Å². The fraction of sp³-hybridized carbons (Fsp3) is 0.381. The Labute approximate surface area is 170 Å². The SMILES string of the molecule is O=C1OCC[C@@H]1Sc1nc2sc3c(c2c(=O)n1CCc1ccccc1)CCC3. The molecule has 7 heteroatoms. The van der Waals surface area contributed by atoms with Crippen LogP contribution in [0.1, 0.15) is 28.8 Å².